The van der Waals surface area contributed by atoms with E-state index in [0.717, 1.165) is 28.8 Å². The normalized spacial score (nSPS) is 17.3. The number of hydrogen-bond acceptors (Lipinski definition) is 5. The maximum absolute atomic E-state index is 14.0. The van der Waals surface area contributed by atoms with Gasteiger partial charge in [-0.25, -0.2) is 8.42 Å². The van der Waals surface area contributed by atoms with E-state index in [1.807, 2.05) is 92.4 Å². The SMILES string of the molecule is CCc1ccc(NC(=O)CN2CN(c3ccccc3)C3(CCN(S(=O)(=O)c4c(C)cc(C)cc4C)CC3)C2=O)cc1. The van der Waals surface area contributed by atoms with Gasteiger partial charge < -0.3 is 15.1 Å². The summed E-state index contributed by atoms with van der Waals surface area (Å²) in [6, 6.07) is 21.2. The number of hydrogen-bond donors (Lipinski definition) is 1. The minimum absolute atomic E-state index is 0.0801. The van der Waals surface area contributed by atoms with Crippen molar-refractivity contribution in [2.24, 2.45) is 0 Å². The average Bonchev–Trinajstić information content (AvgIpc) is 3.19. The van der Waals surface area contributed by atoms with Crippen molar-refractivity contribution in [1.29, 1.82) is 0 Å². The number of anilines is 2. The van der Waals surface area contributed by atoms with Gasteiger partial charge in [0.2, 0.25) is 21.8 Å². The number of rotatable bonds is 7. The van der Waals surface area contributed by atoms with Crippen LogP contribution in [0, 0.1) is 20.8 Å². The van der Waals surface area contributed by atoms with Crippen LogP contribution in [0.15, 0.2) is 71.6 Å². The molecule has 2 fully saturated rings. The molecule has 0 atom stereocenters. The molecular weight excluding hydrogens is 536 g/mol. The summed E-state index contributed by atoms with van der Waals surface area (Å²) in [6.07, 6.45) is 1.58. The fraction of sp³-hybridized carbons (Fsp3) is 0.375. The summed E-state index contributed by atoms with van der Waals surface area (Å²) in [6.45, 7) is 8.30. The number of nitrogens with zero attached hydrogens (tertiary/aromatic N) is 3. The Morgan fingerprint density at radius 3 is 2.12 bits per heavy atom. The molecule has 216 valence electrons. The average molecular weight is 575 g/mol. The Balaban J connectivity index is 1.37. The quantitative estimate of drug-likeness (QED) is 0.444. The summed E-state index contributed by atoms with van der Waals surface area (Å²) >= 11 is 0. The summed E-state index contributed by atoms with van der Waals surface area (Å²) in [5, 5.41) is 2.91. The van der Waals surface area contributed by atoms with Crippen LogP contribution in [0.25, 0.3) is 0 Å². The number of nitrogens with one attached hydrogen (secondary N) is 1. The molecule has 2 saturated heterocycles. The van der Waals surface area contributed by atoms with Gasteiger partial charge in [0.05, 0.1) is 11.6 Å². The zero-order chi connectivity index (χ0) is 29.4. The molecule has 2 amide bonds. The van der Waals surface area contributed by atoms with Crippen molar-refractivity contribution in [3.8, 4) is 0 Å². The first-order valence-electron chi connectivity index (χ1n) is 14.1. The summed E-state index contributed by atoms with van der Waals surface area (Å²) in [5.41, 5.74) is 4.30. The highest BCUT2D eigenvalue weighted by Crippen LogP contribution is 2.41. The van der Waals surface area contributed by atoms with E-state index >= 15 is 0 Å². The van der Waals surface area contributed by atoms with Gasteiger partial charge in [0.1, 0.15) is 12.1 Å². The molecule has 1 N–H and O–H groups in total. The second-order valence-electron chi connectivity index (χ2n) is 11.2. The van der Waals surface area contributed by atoms with E-state index in [1.165, 1.54) is 9.87 Å². The van der Waals surface area contributed by atoms with Crippen molar-refractivity contribution in [2.45, 2.75) is 57.4 Å². The van der Waals surface area contributed by atoms with Crippen LogP contribution in [0.1, 0.15) is 42.0 Å². The third-order valence-corrected chi connectivity index (χ3v) is 10.5. The number of piperidine rings is 1. The predicted octanol–water partition coefficient (Wildman–Crippen LogP) is 4.64. The Bertz CT molecular complexity index is 1520. The summed E-state index contributed by atoms with van der Waals surface area (Å²) in [5.74, 6) is -0.407. The van der Waals surface area contributed by atoms with E-state index in [0.29, 0.717) is 23.4 Å². The van der Waals surface area contributed by atoms with Gasteiger partial charge in [-0.3, -0.25) is 9.59 Å². The number of carbonyl (C=O) groups is 2. The molecule has 41 heavy (non-hydrogen) atoms. The van der Waals surface area contributed by atoms with E-state index in [2.05, 4.69) is 12.2 Å². The van der Waals surface area contributed by atoms with Gasteiger partial charge in [-0.15, -0.1) is 0 Å². The van der Waals surface area contributed by atoms with Crippen molar-refractivity contribution in [1.82, 2.24) is 9.21 Å². The van der Waals surface area contributed by atoms with E-state index in [-0.39, 0.29) is 38.1 Å². The van der Waals surface area contributed by atoms with Crippen molar-refractivity contribution in [3.63, 3.8) is 0 Å². The number of aryl methyl sites for hydroxylation is 4. The molecule has 0 saturated carbocycles. The molecule has 0 unspecified atom stereocenters. The zero-order valence-electron chi connectivity index (χ0n) is 24.2. The van der Waals surface area contributed by atoms with Crippen LogP contribution in [0.5, 0.6) is 0 Å². The number of benzene rings is 3. The molecule has 5 rings (SSSR count). The van der Waals surface area contributed by atoms with Gasteiger partial charge in [-0.1, -0.05) is 55.0 Å². The van der Waals surface area contributed by atoms with Gasteiger partial charge in [0, 0.05) is 24.5 Å². The van der Waals surface area contributed by atoms with Crippen LogP contribution < -0.4 is 10.2 Å². The minimum atomic E-state index is -3.73. The van der Waals surface area contributed by atoms with Crippen molar-refractivity contribution < 1.29 is 18.0 Å². The Labute approximate surface area is 243 Å². The lowest BCUT2D eigenvalue weighted by atomic mass is 9.86. The molecule has 2 aliphatic rings. The second-order valence-corrected chi connectivity index (χ2v) is 13.0. The van der Waals surface area contributed by atoms with E-state index in [4.69, 9.17) is 0 Å². The first-order valence-corrected chi connectivity index (χ1v) is 15.6. The molecule has 8 nitrogen and oxygen atoms in total. The van der Waals surface area contributed by atoms with Crippen LogP contribution >= 0.6 is 0 Å². The first-order chi connectivity index (χ1) is 19.5. The Kier molecular flexibility index (Phi) is 7.94. The molecular formula is C32H38N4O4S. The Hall–Kier alpha value is -3.69. The number of amides is 2. The van der Waals surface area contributed by atoms with E-state index in [9.17, 15) is 18.0 Å². The number of para-hydroxylation sites is 1. The third kappa shape index (κ3) is 5.48. The Morgan fingerprint density at radius 2 is 1.54 bits per heavy atom. The standard InChI is InChI=1S/C32H38N4O4S/c1-5-26-11-13-27(14-12-26)33-29(37)21-34-22-36(28-9-7-6-8-10-28)32(31(34)38)15-17-35(18-16-32)41(39,40)30-24(3)19-23(2)20-25(30)4/h6-14,19-20H,5,15-18,21-22H2,1-4H3,(H,33,37). The molecule has 3 aromatic rings. The number of carbonyl (C=O) groups excluding carboxylic acids is 2. The van der Waals surface area contributed by atoms with Gasteiger partial charge in [0.25, 0.3) is 0 Å². The summed E-state index contributed by atoms with van der Waals surface area (Å²) in [7, 11) is -3.73. The molecule has 0 radical (unpaired) electrons. The van der Waals surface area contributed by atoms with Crippen molar-refractivity contribution >= 4 is 33.2 Å². The predicted molar refractivity (Wildman–Crippen MR) is 161 cm³/mol. The van der Waals surface area contributed by atoms with Crippen molar-refractivity contribution in [2.75, 3.05) is 36.5 Å². The van der Waals surface area contributed by atoms with Gasteiger partial charge in [-0.2, -0.15) is 4.31 Å². The molecule has 3 aromatic carbocycles. The summed E-state index contributed by atoms with van der Waals surface area (Å²) in [4.78, 5) is 31.0. The molecule has 1 spiro atoms. The minimum Gasteiger partial charge on any atom is -0.339 e. The lowest BCUT2D eigenvalue weighted by Gasteiger charge is -2.43. The largest absolute Gasteiger partial charge is 0.339 e. The van der Waals surface area contributed by atoms with Gasteiger partial charge >= 0.3 is 0 Å². The third-order valence-electron chi connectivity index (χ3n) is 8.31. The van der Waals surface area contributed by atoms with E-state index in [1.54, 1.807) is 4.90 Å². The second kappa shape index (κ2) is 11.3. The lowest BCUT2D eigenvalue weighted by Crippen LogP contribution is -2.57. The smallest absolute Gasteiger partial charge is 0.250 e. The molecule has 0 bridgehead atoms. The monoisotopic (exact) mass is 574 g/mol. The van der Waals surface area contributed by atoms with Crippen LogP contribution in [-0.2, 0) is 26.0 Å². The van der Waals surface area contributed by atoms with Crippen LogP contribution in [0.3, 0.4) is 0 Å². The fourth-order valence-electron chi connectivity index (χ4n) is 6.32. The molecule has 2 aliphatic heterocycles. The molecule has 2 heterocycles. The maximum Gasteiger partial charge on any atom is 0.250 e. The number of sulfonamides is 1. The van der Waals surface area contributed by atoms with Gasteiger partial charge in [0.15, 0.2) is 0 Å². The maximum atomic E-state index is 14.0. The Morgan fingerprint density at radius 1 is 0.927 bits per heavy atom. The molecule has 0 aliphatic carbocycles. The highest BCUT2D eigenvalue weighted by molar-refractivity contribution is 7.89. The van der Waals surface area contributed by atoms with E-state index < -0.39 is 15.6 Å². The van der Waals surface area contributed by atoms with Crippen molar-refractivity contribution in [3.05, 3.63) is 89.0 Å². The zero-order valence-corrected chi connectivity index (χ0v) is 25.0. The topological polar surface area (TPSA) is 90.0 Å². The van der Waals surface area contributed by atoms with Crippen LogP contribution in [0.2, 0.25) is 0 Å². The van der Waals surface area contributed by atoms with Crippen LogP contribution in [-0.4, -0.2) is 61.3 Å². The molecule has 9 heteroatoms. The highest BCUT2D eigenvalue weighted by Gasteiger charge is 2.55. The first kappa shape index (κ1) is 28.8. The lowest BCUT2D eigenvalue weighted by molar-refractivity contribution is -0.136. The highest BCUT2D eigenvalue weighted by atomic mass is 32.2. The van der Waals surface area contributed by atoms with Crippen LogP contribution in [0.4, 0.5) is 11.4 Å². The molecule has 0 aromatic heterocycles. The fourth-order valence-corrected chi connectivity index (χ4v) is 8.17. The van der Waals surface area contributed by atoms with Gasteiger partial charge in [-0.05, 0) is 81.0 Å². The summed E-state index contributed by atoms with van der Waals surface area (Å²) < 4.78 is 29.0.